The molecule has 8 nitrogen and oxygen atoms in total. The van der Waals surface area contributed by atoms with Crippen LogP contribution in [0, 0.1) is 5.92 Å². The molecule has 106 valence electrons. The number of esters is 1. The first-order valence-corrected chi connectivity index (χ1v) is 5.82. The molecule has 2 amide bonds. The van der Waals surface area contributed by atoms with Crippen LogP contribution in [0.3, 0.4) is 0 Å². The van der Waals surface area contributed by atoms with E-state index in [2.05, 4.69) is 9.57 Å². The summed E-state index contributed by atoms with van der Waals surface area (Å²) in [5, 5.41) is 0.372. The quantitative estimate of drug-likeness (QED) is 0.528. The monoisotopic (exact) mass is 273 g/mol. The molecule has 1 rings (SSSR count). The van der Waals surface area contributed by atoms with Gasteiger partial charge in [0, 0.05) is 12.8 Å². The molecule has 1 fully saturated rings. The fourth-order valence-corrected chi connectivity index (χ4v) is 1.30. The maximum Gasteiger partial charge on any atom is 0.533 e. The summed E-state index contributed by atoms with van der Waals surface area (Å²) in [4.78, 5) is 49.2. The molecule has 1 atom stereocenters. The number of nitrogens with zero attached hydrogens (tertiary/aromatic N) is 1. The number of carbonyl (C=O) groups excluding carboxylic acids is 4. The molecular weight excluding hydrogens is 258 g/mol. The molecule has 1 heterocycles. The average Bonchev–Trinajstić information content (AvgIpc) is 2.68. The predicted octanol–water partition coefficient (Wildman–Crippen LogP) is 0.403. The third-order valence-corrected chi connectivity index (χ3v) is 2.31. The van der Waals surface area contributed by atoms with Crippen molar-refractivity contribution in [2.75, 3.05) is 13.2 Å². The fraction of sp³-hybridized carbons (Fsp3) is 0.636. The highest BCUT2D eigenvalue weighted by Gasteiger charge is 2.33. The minimum atomic E-state index is -1.21. The Morgan fingerprint density at radius 2 is 1.79 bits per heavy atom. The van der Waals surface area contributed by atoms with Crippen LogP contribution >= 0.6 is 0 Å². The summed E-state index contributed by atoms with van der Waals surface area (Å²) >= 11 is 0. The van der Waals surface area contributed by atoms with E-state index >= 15 is 0 Å². The van der Waals surface area contributed by atoms with E-state index in [4.69, 9.17) is 4.74 Å². The smallest absolute Gasteiger partial charge is 0.466 e. The van der Waals surface area contributed by atoms with Gasteiger partial charge in [0.05, 0.1) is 12.5 Å². The number of hydrogen-bond donors (Lipinski definition) is 0. The molecule has 19 heavy (non-hydrogen) atoms. The van der Waals surface area contributed by atoms with Crippen LogP contribution in [0.5, 0.6) is 0 Å². The number of rotatable bonds is 5. The maximum atomic E-state index is 11.2. The van der Waals surface area contributed by atoms with Gasteiger partial charge in [-0.15, -0.1) is 0 Å². The first kappa shape index (κ1) is 14.9. The van der Waals surface area contributed by atoms with Crippen LogP contribution in [-0.2, 0) is 28.7 Å². The van der Waals surface area contributed by atoms with Gasteiger partial charge in [-0.2, -0.15) is 0 Å². The summed E-state index contributed by atoms with van der Waals surface area (Å²) < 4.78 is 9.34. The van der Waals surface area contributed by atoms with Gasteiger partial charge in [0.25, 0.3) is 11.8 Å². The number of hydroxylamine groups is 2. The van der Waals surface area contributed by atoms with Crippen LogP contribution in [0.2, 0.25) is 0 Å². The van der Waals surface area contributed by atoms with Crippen molar-refractivity contribution in [3.63, 3.8) is 0 Å². The highest BCUT2D eigenvalue weighted by molar-refractivity contribution is 6.01. The number of carbonyl (C=O) groups is 4. The van der Waals surface area contributed by atoms with E-state index in [1.54, 1.807) is 6.92 Å². The standard InChI is InChI=1S/C11H15NO7/c1-3-17-10(15)7(2)6-18-11(16)19-12-8(13)4-5-9(12)14/h7H,3-6H2,1-2H3. The van der Waals surface area contributed by atoms with Gasteiger partial charge in [0.1, 0.15) is 6.61 Å². The molecule has 0 N–H and O–H groups in total. The van der Waals surface area contributed by atoms with E-state index in [0.29, 0.717) is 5.06 Å². The van der Waals surface area contributed by atoms with E-state index in [1.165, 1.54) is 6.92 Å². The van der Waals surface area contributed by atoms with Crippen molar-refractivity contribution in [2.24, 2.45) is 5.92 Å². The number of amides is 2. The molecule has 1 saturated heterocycles. The van der Waals surface area contributed by atoms with E-state index in [-0.39, 0.29) is 26.1 Å². The number of imide groups is 1. The Kier molecular flexibility index (Phi) is 5.28. The van der Waals surface area contributed by atoms with Crippen molar-refractivity contribution < 1.29 is 33.5 Å². The lowest BCUT2D eigenvalue weighted by Gasteiger charge is -2.14. The summed E-state index contributed by atoms with van der Waals surface area (Å²) in [5.41, 5.74) is 0. The first-order chi connectivity index (χ1) is 8.95. The molecule has 0 spiro atoms. The molecular formula is C11H15NO7. The fourth-order valence-electron chi connectivity index (χ4n) is 1.30. The van der Waals surface area contributed by atoms with Crippen LogP contribution in [0.15, 0.2) is 0 Å². The minimum Gasteiger partial charge on any atom is -0.466 e. The van der Waals surface area contributed by atoms with Gasteiger partial charge < -0.3 is 9.47 Å². The largest absolute Gasteiger partial charge is 0.533 e. The zero-order chi connectivity index (χ0) is 14.4. The lowest BCUT2D eigenvalue weighted by atomic mass is 10.2. The topological polar surface area (TPSA) is 99.2 Å². The van der Waals surface area contributed by atoms with Crippen molar-refractivity contribution in [1.29, 1.82) is 0 Å². The van der Waals surface area contributed by atoms with Crippen LogP contribution in [0.25, 0.3) is 0 Å². The minimum absolute atomic E-state index is 0.00530. The highest BCUT2D eigenvalue weighted by Crippen LogP contribution is 2.12. The third-order valence-electron chi connectivity index (χ3n) is 2.31. The lowest BCUT2D eigenvalue weighted by molar-refractivity contribution is -0.178. The summed E-state index contributed by atoms with van der Waals surface area (Å²) in [7, 11) is 0. The second kappa shape index (κ2) is 6.72. The molecule has 0 aromatic rings. The molecule has 1 aliphatic rings. The van der Waals surface area contributed by atoms with Crippen LogP contribution in [0.4, 0.5) is 4.79 Å². The Labute approximate surface area is 109 Å². The van der Waals surface area contributed by atoms with Gasteiger partial charge >= 0.3 is 12.1 Å². The van der Waals surface area contributed by atoms with Crippen LogP contribution in [0.1, 0.15) is 26.7 Å². The SMILES string of the molecule is CCOC(=O)C(C)COC(=O)ON1C(=O)CCC1=O. The Morgan fingerprint density at radius 1 is 1.21 bits per heavy atom. The normalized spacial score (nSPS) is 16.2. The van der Waals surface area contributed by atoms with Gasteiger partial charge in [-0.1, -0.05) is 5.06 Å². The van der Waals surface area contributed by atoms with Crippen molar-refractivity contribution in [2.45, 2.75) is 26.7 Å². The van der Waals surface area contributed by atoms with Gasteiger partial charge in [-0.25, -0.2) is 4.79 Å². The second-order valence-corrected chi connectivity index (χ2v) is 3.89. The Hall–Kier alpha value is -2.12. The number of ether oxygens (including phenoxy) is 2. The average molecular weight is 273 g/mol. The third kappa shape index (κ3) is 4.23. The van der Waals surface area contributed by atoms with Crippen molar-refractivity contribution in [3.8, 4) is 0 Å². The molecule has 1 aliphatic heterocycles. The van der Waals surface area contributed by atoms with E-state index in [0.717, 1.165) is 0 Å². The summed E-state index contributed by atoms with van der Waals surface area (Å²) in [5.74, 6) is -2.36. The van der Waals surface area contributed by atoms with Gasteiger partial charge in [-0.3, -0.25) is 19.2 Å². The van der Waals surface area contributed by atoms with E-state index < -0.39 is 29.9 Å². The van der Waals surface area contributed by atoms with E-state index in [1.807, 2.05) is 0 Å². The molecule has 1 unspecified atom stereocenters. The van der Waals surface area contributed by atoms with Crippen LogP contribution in [-0.4, -0.2) is 42.2 Å². The highest BCUT2D eigenvalue weighted by atomic mass is 16.8. The van der Waals surface area contributed by atoms with Gasteiger partial charge in [0.2, 0.25) is 0 Å². The van der Waals surface area contributed by atoms with Crippen molar-refractivity contribution >= 4 is 23.9 Å². The molecule has 0 aromatic heterocycles. The molecule has 0 bridgehead atoms. The Balaban J connectivity index is 2.34. The molecule has 8 heteroatoms. The first-order valence-electron chi connectivity index (χ1n) is 5.82. The molecule has 0 aromatic carbocycles. The zero-order valence-corrected chi connectivity index (χ0v) is 10.7. The molecule has 0 aliphatic carbocycles. The Morgan fingerprint density at radius 3 is 2.32 bits per heavy atom. The molecule has 0 saturated carbocycles. The second-order valence-electron chi connectivity index (χ2n) is 3.89. The summed E-state index contributed by atoms with van der Waals surface area (Å²) in [6.45, 7) is 3.14. The van der Waals surface area contributed by atoms with Crippen molar-refractivity contribution in [1.82, 2.24) is 5.06 Å². The van der Waals surface area contributed by atoms with Crippen LogP contribution < -0.4 is 0 Å². The number of hydrogen-bond acceptors (Lipinski definition) is 7. The molecule has 0 radical (unpaired) electrons. The lowest BCUT2D eigenvalue weighted by Crippen LogP contribution is -2.33. The van der Waals surface area contributed by atoms with Crippen molar-refractivity contribution in [3.05, 3.63) is 0 Å². The van der Waals surface area contributed by atoms with E-state index in [9.17, 15) is 19.2 Å². The Bertz CT molecular complexity index is 377. The summed E-state index contributed by atoms with van der Waals surface area (Å²) in [6.07, 6.45) is -1.20. The summed E-state index contributed by atoms with van der Waals surface area (Å²) in [6, 6.07) is 0. The maximum absolute atomic E-state index is 11.2. The van der Waals surface area contributed by atoms with Gasteiger partial charge in [-0.05, 0) is 13.8 Å². The zero-order valence-electron chi connectivity index (χ0n) is 10.7. The predicted molar refractivity (Wildman–Crippen MR) is 59.3 cm³/mol. The van der Waals surface area contributed by atoms with Gasteiger partial charge in [0.15, 0.2) is 0 Å².